The lowest BCUT2D eigenvalue weighted by molar-refractivity contribution is -0.104. The Morgan fingerprint density at radius 3 is 1.12 bits per heavy atom. The molecule has 0 radical (unpaired) electrons. The first-order valence-electron chi connectivity index (χ1n) is 22.2. The summed E-state index contributed by atoms with van der Waals surface area (Å²) in [7, 11) is 0.0620. The second-order valence-electron chi connectivity index (χ2n) is 16.6. The maximum atomic E-state index is 12.0. The van der Waals surface area contributed by atoms with Crippen LogP contribution in [-0.2, 0) is 76.3 Å². The van der Waals surface area contributed by atoms with Crippen LogP contribution in [0.25, 0.3) is 0 Å². The molecule has 3 heterocycles. The number of hydrogen-bond acceptors (Lipinski definition) is 17. The van der Waals surface area contributed by atoms with E-state index in [4.69, 9.17) is 47.3 Å². The van der Waals surface area contributed by atoms with Crippen molar-refractivity contribution < 1.29 is 90.9 Å². The van der Waals surface area contributed by atoms with Gasteiger partial charge in [0.05, 0.1) is 33.7 Å². The summed E-state index contributed by atoms with van der Waals surface area (Å²) in [6, 6.07) is 0. The lowest BCUT2D eigenvalue weighted by atomic mass is 9.95. The van der Waals surface area contributed by atoms with Crippen LogP contribution in [0.4, 0.5) is 0 Å². The van der Waals surface area contributed by atoms with Gasteiger partial charge in [0.15, 0.2) is 0 Å². The van der Waals surface area contributed by atoms with Gasteiger partial charge in [-0.05, 0) is 83.1 Å². The fraction of sp³-hybridized carbons (Fsp3) is 0.373. The average molecular weight is 1040 g/mol. The van der Waals surface area contributed by atoms with E-state index in [1.807, 2.05) is 26.8 Å². The molecule has 3 aliphatic rings. The molecule has 3 aromatic carbocycles. The number of ether oxygens (including phenoxy) is 6. The number of esters is 3. The molecule has 5 N–H and O–H groups in total. The maximum absolute atomic E-state index is 12.0. The Bertz CT molecular complexity index is 2850. The number of cyclic esters (lactones) is 3. The number of hydrogen-bond donors (Lipinski definition) is 5. The molecule has 3 aromatic rings. The second kappa shape index (κ2) is 25.3. The number of fused-ring (bicyclic) bond motifs is 3. The quantitative estimate of drug-likeness (QED) is 0.0199. The first-order chi connectivity index (χ1) is 33.9. The van der Waals surface area contributed by atoms with Gasteiger partial charge in [-0.25, -0.2) is 14.4 Å². The number of phenolic OH excluding ortho intramolecular Hbond substituents is 3. The van der Waals surface area contributed by atoms with Crippen molar-refractivity contribution in [1.29, 1.82) is 0 Å². The fourth-order valence-electron chi connectivity index (χ4n) is 8.02. The second-order valence-corrected chi connectivity index (χ2v) is 20.6. The molecule has 6 rings (SSSR count). The normalized spacial score (nSPS) is 14.5. The van der Waals surface area contributed by atoms with E-state index in [0.29, 0.717) is 75.5 Å². The van der Waals surface area contributed by atoms with Gasteiger partial charge in [0.1, 0.15) is 77.3 Å². The number of phenols is 3. The Morgan fingerprint density at radius 2 is 0.847 bits per heavy atom. The third kappa shape index (κ3) is 13.5. The van der Waals surface area contributed by atoms with E-state index in [-0.39, 0.29) is 66.1 Å². The third-order valence-electron chi connectivity index (χ3n) is 12.0. The van der Waals surface area contributed by atoms with Crippen LogP contribution < -0.4 is 14.2 Å². The predicted octanol–water partition coefficient (Wildman–Crippen LogP) is 8.58. The molecule has 390 valence electrons. The highest BCUT2D eigenvalue weighted by atomic mass is 31.2. The van der Waals surface area contributed by atoms with Crippen molar-refractivity contribution in [3.05, 3.63) is 126 Å². The Morgan fingerprint density at radius 1 is 0.542 bits per heavy atom. The summed E-state index contributed by atoms with van der Waals surface area (Å²) in [5.74, 6) is -0.421. The van der Waals surface area contributed by atoms with Crippen molar-refractivity contribution >= 4 is 39.4 Å². The molecular formula is C51H62O19P2. The number of allylic oxidation sites excluding steroid dienone is 10. The predicted molar refractivity (Wildman–Crippen MR) is 266 cm³/mol. The number of carbonyl (C=O) groups is 4. The van der Waals surface area contributed by atoms with Crippen molar-refractivity contribution in [1.82, 2.24) is 0 Å². The molecule has 21 heteroatoms. The molecule has 0 spiro atoms. The molecule has 0 bridgehead atoms. The first kappa shape index (κ1) is 58.1. The summed E-state index contributed by atoms with van der Waals surface area (Å²) < 4.78 is 63.8. The van der Waals surface area contributed by atoms with Crippen LogP contribution in [0.15, 0.2) is 59.3 Å². The van der Waals surface area contributed by atoms with E-state index in [9.17, 15) is 43.6 Å². The summed E-state index contributed by atoms with van der Waals surface area (Å²) >= 11 is 0. The zero-order valence-corrected chi connectivity index (χ0v) is 43.9. The first-order valence-corrected chi connectivity index (χ1v) is 25.8. The molecule has 0 amide bonds. The van der Waals surface area contributed by atoms with E-state index in [1.165, 1.54) is 41.6 Å². The van der Waals surface area contributed by atoms with Gasteiger partial charge in [0, 0.05) is 47.6 Å². The molecule has 72 heavy (non-hydrogen) atoms. The number of aldehydes is 1. The van der Waals surface area contributed by atoms with Gasteiger partial charge in [-0.15, -0.1) is 0 Å². The Kier molecular flexibility index (Phi) is 20.4. The van der Waals surface area contributed by atoms with Crippen LogP contribution in [0.2, 0.25) is 0 Å². The average Bonchev–Trinajstić information content (AvgIpc) is 4.06. The summed E-state index contributed by atoms with van der Waals surface area (Å²) in [6.45, 7) is 11.2. The fourth-order valence-corrected chi connectivity index (χ4v) is 9.22. The van der Waals surface area contributed by atoms with Crippen molar-refractivity contribution in [3.63, 3.8) is 0 Å². The van der Waals surface area contributed by atoms with E-state index in [1.54, 1.807) is 51.2 Å². The number of carbonyl (C=O) groups excluding carboxylic acids is 4. The monoisotopic (exact) mass is 1040 g/mol. The Hall–Kier alpha value is -6.46. The molecule has 19 nitrogen and oxygen atoms in total. The molecule has 0 fully saturated rings. The zero-order chi connectivity index (χ0) is 53.8. The number of aromatic hydroxyl groups is 3. The molecule has 0 aromatic heterocycles. The van der Waals surface area contributed by atoms with E-state index >= 15 is 0 Å². The minimum atomic E-state index is -4.07. The van der Waals surface area contributed by atoms with Crippen molar-refractivity contribution in [3.8, 4) is 34.5 Å². The maximum Gasteiger partial charge on any atom is 0.342 e. The molecule has 0 aliphatic carbocycles. The molecule has 3 aliphatic heterocycles. The van der Waals surface area contributed by atoms with E-state index in [2.05, 4.69) is 0 Å². The minimum Gasteiger partial charge on any atom is -0.507 e. The van der Waals surface area contributed by atoms with Gasteiger partial charge >= 0.3 is 33.1 Å². The largest absolute Gasteiger partial charge is 0.507 e. The molecular weight excluding hydrogens is 978 g/mol. The van der Waals surface area contributed by atoms with Crippen molar-refractivity contribution in [2.24, 2.45) is 0 Å². The summed E-state index contributed by atoms with van der Waals surface area (Å²) in [4.78, 5) is 63.8. The Balaban J connectivity index is 0.000000237. The molecule has 0 saturated heterocycles. The van der Waals surface area contributed by atoms with Crippen molar-refractivity contribution in [2.45, 2.75) is 80.6 Å². The SMILES string of the molecule is COc1c(C)c2c(c(O)c1C/C=C(C)/C=C/CP(=O)(O)O)C(=O)OC2.COc1c(C)c2c(c(O)c1C/C=C(C)/C=C/CP(=O)(OC)OC)C(=O)OC2.COc1c(C)c2c(c(O)c1C/C=C(\C)C=O)C(=O)OC2. The van der Waals surface area contributed by atoms with Gasteiger partial charge in [0.25, 0.3) is 0 Å². The van der Waals surface area contributed by atoms with Crippen LogP contribution in [-0.4, -0.2) is 97.2 Å². The molecule has 0 atom stereocenters. The van der Waals surface area contributed by atoms with Crippen LogP contribution in [0.1, 0.15) is 102 Å². The standard InChI is InChI=1S/C19H25O7P.C17H21O7P.C15H16O5/c1-12(7-6-10-27(22,24-4)25-5)8-9-14-17(20)16-15(11-26-19(16)21)13(2)18(14)23-3;1-10(5-4-8-25(20,21)22)6-7-12-15(18)14-13(9-24-17(14)19)11(2)16(12)23-3;1-8(6-16)4-5-10-13(17)12-11(7-20-15(12)18)9(2)14(10)19-3/h6-8,20H,9-11H2,1-5H3;4-6,18H,7-9H2,1-3H3,(H2,20,21,22);4,6,17H,5,7H2,1-3H3/b7-6+,12-8+;5-4+,10-6+;8-4+. The topological polar surface area (TPSA) is 277 Å². The lowest BCUT2D eigenvalue weighted by Gasteiger charge is -2.15. The highest BCUT2D eigenvalue weighted by Crippen LogP contribution is 2.47. The van der Waals surface area contributed by atoms with E-state index < -0.39 is 33.1 Å². The molecule has 0 unspecified atom stereocenters. The highest BCUT2D eigenvalue weighted by molar-refractivity contribution is 7.54. The summed E-state index contributed by atoms with van der Waals surface area (Å²) in [5.41, 5.74) is 8.54. The van der Waals surface area contributed by atoms with E-state index in [0.717, 1.165) is 34.1 Å². The van der Waals surface area contributed by atoms with Crippen LogP contribution in [0.5, 0.6) is 34.5 Å². The lowest BCUT2D eigenvalue weighted by Crippen LogP contribution is -2.03. The van der Waals surface area contributed by atoms with Gasteiger partial charge in [-0.1, -0.05) is 53.7 Å². The number of methoxy groups -OCH3 is 3. The summed E-state index contributed by atoms with van der Waals surface area (Å²) in [6.07, 6.45) is 13.3. The number of rotatable bonds is 18. The smallest absolute Gasteiger partial charge is 0.342 e. The highest BCUT2D eigenvalue weighted by Gasteiger charge is 2.34. The van der Waals surface area contributed by atoms with Gasteiger partial charge in [-0.2, -0.15) is 0 Å². The van der Waals surface area contributed by atoms with Gasteiger partial charge < -0.3 is 62.6 Å². The number of benzene rings is 3. The van der Waals surface area contributed by atoms with Crippen LogP contribution in [0, 0.1) is 20.8 Å². The zero-order valence-electron chi connectivity index (χ0n) is 42.1. The Labute approximate surface area is 418 Å². The third-order valence-corrected chi connectivity index (χ3v) is 14.5. The van der Waals surface area contributed by atoms with Crippen LogP contribution >= 0.6 is 15.2 Å². The van der Waals surface area contributed by atoms with Gasteiger partial charge in [-0.3, -0.25) is 13.9 Å². The van der Waals surface area contributed by atoms with Gasteiger partial charge in [0.2, 0.25) is 0 Å². The minimum absolute atomic E-state index is 0.105. The molecule has 0 saturated carbocycles. The van der Waals surface area contributed by atoms with Crippen LogP contribution in [0.3, 0.4) is 0 Å². The van der Waals surface area contributed by atoms with Crippen molar-refractivity contribution in [2.75, 3.05) is 47.9 Å². The summed E-state index contributed by atoms with van der Waals surface area (Å²) in [5, 5.41) is 31.4.